The van der Waals surface area contributed by atoms with Crippen molar-refractivity contribution in [2.45, 2.75) is 11.1 Å². The van der Waals surface area contributed by atoms with Gasteiger partial charge in [-0.15, -0.1) is 11.3 Å². The topological polar surface area (TPSA) is 66.4 Å². The molecule has 0 saturated heterocycles. The van der Waals surface area contributed by atoms with Gasteiger partial charge in [0.05, 0.1) is 5.69 Å². The Morgan fingerprint density at radius 3 is 2.80 bits per heavy atom. The van der Waals surface area contributed by atoms with Crippen LogP contribution >= 0.6 is 11.3 Å². The van der Waals surface area contributed by atoms with Gasteiger partial charge in [-0.2, -0.15) is 0 Å². The molecule has 1 heterocycles. The molecule has 20 heavy (non-hydrogen) atoms. The first-order valence-corrected chi connectivity index (χ1v) is 8.16. The predicted octanol–water partition coefficient (Wildman–Crippen LogP) is 2.20. The molecule has 0 radical (unpaired) electrons. The minimum atomic E-state index is -3.56. The highest BCUT2D eigenvalue weighted by Gasteiger charge is 2.16. The molecule has 0 aliphatic rings. The van der Waals surface area contributed by atoms with Crippen molar-refractivity contribution in [2.24, 2.45) is 0 Å². The van der Waals surface area contributed by atoms with E-state index in [9.17, 15) is 8.42 Å². The molecule has 1 aromatic heterocycles. The summed E-state index contributed by atoms with van der Waals surface area (Å²) in [5.74, 6) is 5.28. The third-order valence-electron chi connectivity index (χ3n) is 2.55. The third-order valence-corrected chi connectivity index (χ3v) is 5.32. The van der Waals surface area contributed by atoms with Crippen LogP contribution in [0.2, 0.25) is 0 Å². The molecule has 0 unspecified atom stereocenters. The molecule has 0 atom stereocenters. The molecule has 2 aromatic rings. The average molecular weight is 307 g/mol. The Balaban J connectivity index is 2.34. The van der Waals surface area contributed by atoms with E-state index in [2.05, 4.69) is 16.6 Å². The summed E-state index contributed by atoms with van der Waals surface area (Å²) in [6.45, 7) is 1.58. The Morgan fingerprint density at radius 1 is 1.35 bits per heavy atom. The van der Waals surface area contributed by atoms with Crippen molar-refractivity contribution in [3.63, 3.8) is 0 Å². The van der Waals surface area contributed by atoms with Gasteiger partial charge in [0.25, 0.3) is 10.0 Å². The number of aliphatic hydroxyl groups is 1. The summed E-state index contributed by atoms with van der Waals surface area (Å²) < 4.78 is 27.2. The van der Waals surface area contributed by atoms with E-state index < -0.39 is 10.0 Å². The first-order valence-electron chi connectivity index (χ1n) is 5.79. The van der Waals surface area contributed by atoms with Crippen molar-refractivity contribution in [3.05, 3.63) is 46.8 Å². The van der Waals surface area contributed by atoms with E-state index in [1.54, 1.807) is 35.7 Å². The summed E-state index contributed by atoms with van der Waals surface area (Å²) in [5.41, 5.74) is 1.94. The number of aliphatic hydroxyl groups excluding tert-OH is 1. The summed E-state index contributed by atoms with van der Waals surface area (Å²) in [7, 11) is -3.56. The Labute approximate surface area is 122 Å². The van der Waals surface area contributed by atoms with Gasteiger partial charge >= 0.3 is 0 Å². The molecule has 2 rings (SSSR count). The molecular formula is C14H13NO3S2. The van der Waals surface area contributed by atoms with Crippen molar-refractivity contribution >= 4 is 27.0 Å². The number of benzene rings is 1. The normalized spacial score (nSPS) is 10.7. The molecule has 6 heteroatoms. The summed E-state index contributed by atoms with van der Waals surface area (Å²) >= 11 is 1.16. The van der Waals surface area contributed by atoms with E-state index in [1.807, 2.05) is 6.92 Å². The molecule has 0 spiro atoms. The van der Waals surface area contributed by atoms with Gasteiger partial charge in [-0.05, 0) is 36.1 Å². The van der Waals surface area contributed by atoms with Crippen molar-refractivity contribution in [1.29, 1.82) is 0 Å². The van der Waals surface area contributed by atoms with Gasteiger partial charge in [-0.3, -0.25) is 4.72 Å². The van der Waals surface area contributed by atoms with Crippen LogP contribution in [0.5, 0.6) is 0 Å². The number of hydrogen-bond acceptors (Lipinski definition) is 4. The molecule has 0 amide bonds. The predicted molar refractivity (Wildman–Crippen MR) is 80.3 cm³/mol. The van der Waals surface area contributed by atoms with Crippen molar-refractivity contribution < 1.29 is 13.5 Å². The Kier molecular flexibility index (Phi) is 4.45. The second-order valence-corrected chi connectivity index (χ2v) is 6.88. The standard InChI is InChI=1S/C14H13NO3S2/c1-11-6-7-12(4-2-8-16)10-13(11)15-20(17,18)14-5-3-9-19-14/h3,5-7,9-10,15-16H,8H2,1H3. The molecule has 0 saturated carbocycles. The van der Waals surface area contributed by atoms with Crippen molar-refractivity contribution in [3.8, 4) is 11.8 Å². The van der Waals surface area contributed by atoms with E-state index in [-0.39, 0.29) is 10.8 Å². The van der Waals surface area contributed by atoms with Gasteiger partial charge in [0.15, 0.2) is 0 Å². The van der Waals surface area contributed by atoms with Gasteiger partial charge in [-0.25, -0.2) is 8.42 Å². The lowest BCUT2D eigenvalue weighted by atomic mass is 10.1. The largest absolute Gasteiger partial charge is 0.384 e. The van der Waals surface area contributed by atoms with Gasteiger partial charge < -0.3 is 5.11 Å². The lowest BCUT2D eigenvalue weighted by molar-refractivity contribution is 0.350. The monoisotopic (exact) mass is 307 g/mol. The maximum absolute atomic E-state index is 12.2. The summed E-state index contributed by atoms with van der Waals surface area (Å²) in [6.07, 6.45) is 0. The van der Waals surface area contributed by atoms with Gasteiger partial charge in [0.2, 0.25) is 0 Å². The Morgan fingerprint density at radius 2 is 2.15 bits per heavy atom. The van der Waals surface area contributed by atoms with Crippen molar-refractivity contribution in [2.75, 3.05) is 11.3 Å². The quantitative estimate of drug-likeness (QED) is 0.854. The SMILES string of the molecule is Cc1ccc(C#CCO)cc1NS(=O)(=O)c1cccs1. The second kappa shape index (κ2) is 6.09. The van der Waals surface area contributed by atoms with Crippen molar-refractivity contribution in [1.82, 2.24) is 0 Å². The number of aryl methyl sites for hydroxylation is 1. The van der Waals surface area contributed by atoms with Crippen LogP contribution in [0.4, 0.5) is 5.69 Å². The fraction of sp³-hybridized carbons (Fsp3) is 0.143. The molecule has 104 valence electrons. The Bertz CT molecular complexity index is 753. The van der Waals surface area contributed by atoms with Gasteiger partial charge in [0.1, 0.15) is 10.8 Å². The molecule has 0 bridgehead atoms. The lowest BCUT2D eigenvalue weighted by Gasteiger charge is -2.09. The van der Waals surface area contributed by atoms with Crippen LogP contribution in [0.1, 0.15) is 11.1 Å². The number of rotatable bonds is 3. The third kappa shape index (κ3) is 3.39. The molecule has 2 N–H and O–H groups in total. The number of thiophene rings is 1. The molecular weight excluding hydrogens is 294 g/mol. The van der Waals surface area contributed by atoms with Crippen LogP contribution in [-0.2, 0) is 10.0 Å². The number of hydrogen-bond donors (Lipinski definition) is 2. The summed E-state index contributed by atoms with van der Waals surface area (Å²) in [5, 5.41) is 10.4. The second-order valence-electron chi connectivity index (χ2n) is 4.03. The molecule has 4 nitrogen and oxygen atoms in total. The molecule has 0 fully saturated rings. The van der Waals surface area contributed by atoms with E-state index in [1.165, 1.54) is 0 Å². The molecule has 1 aromatic carbocycles. The first-order chi connectivity index (χ1) is 9.53. The average Bonchev–Trinajstić information content (AvgIpc) is 2.94. The smallest absolute Gasteiger partial charge is 0.271 e. The molecule has 0 aliphatic heterocycles. The molecule has 0 aliphatic carbocycles. The zero-order valence-corrected chi connectivity index (χ0v) is 12.4. The van der Waals surface area contributed by atoms with E-state index in [0.29, 0.717) is 11.3 Å². The zero-order valence-electron chi connectivity index (χ0n) is 10.8. The van der Waals surface area contributed by atoms with E-state index in [0.717, 1.165) is 16.9 Å². The van der Waals surface area contributed by atoms with Gasteiger partial charge in [0, 0.05) is 5.56 Å². The van der Waals surface area contributed by atoms with Crippen LogP contribution in [0.15, 0.2) is 39.9 Å². The van der Waals surface area contributed by atoms with Crippen LogP contribution in [0.3, 0.4) is 0 Å². The van der Waals surface area contributed by atoms with E-state index in [4.69, 9.17) is 5.11 Å². The van der Waals surface area contributed by atoms with Gasteiger partial charge in [-0.1, -0.05) is 24.0 Å². The number of anilines is 1. The fourth-order valence-electron chi connectivity index (χ4n) is 1.56. The summed E-state index contributed by atoms with van der Waals surface area (Å²) in [4.78, 5) is 0. The minimum Gasteiger partial charge on any atom is -0.384 e. The van der Waals surface area contributed by atoms with Crippen LogP contribution in [0.25, 0.3) is 0 Å². The lowest BCUT2D eigenvalue weighted by Crippen LogP contribution is -2.12. The first kappa shape index (κ1) is 14.6. The zero-order chi connectivity index (χ0) is 14.6. The summed E-state index contributed by atoms with van der Waals surface area (Å²) in [6, 6.07) is 8.46. The number of nitrogens with one attached hydrogen (secondary N) is 1. The van der Waals surface area contributed by atoms with Crippen LogP contribution < -0.4 is 4.72 Å². The maximum Gasteiger partial charge on any atom is 0.271 e. The fourth-order valence-corrected chi connectivity index (χ4v) is 3.68. The number of sulfonamides is 1. The highest BCUT2D eigenvalue weighted by Crippen LogP contribution is 2.23. The minimum absolute atomic E-state index is 0.232. The Hall–Kier alpha value is -1.81. The van der Waals surface area contributed by atoms with Crippen LogP contribution in [0, 0.1) is 18.8 Å². The van der Waals surface area contributed by atoms with Crippen LogP contribution in [-0.4, -0.2) is 20.1 Å². The highest BCUT2D eigenvalue weighted by molar-refractivity contribution is 7.94. The maximum atomic E-state index is 12.2. The highest BCUT2D eigenvalue weighted by atomic mass is 32.2. The van der Waals surface area contributed by atoms with E-state index >= 15 is 0 Å².